The van der Waals surface area contributed by atoms with Crippen LogP contribution in [0.25, 0.3) is 0 Å². The first kappa shape index (κ1) is 16.0. The molecule has 0 aromatic rings. The van der Waals surface area contributed by atoms with Crippen LogP contribution in [0, 0.1) is 50.6 Å². The number of hydrogen-bond acceptors (Lipinski definition) is 10. The highest BCUT2D eigenvalue weighted by atomic mass is 16.8. The summed E-state index contributed by atoms with van der Waals surface area (Å²) in [5.41, 5.74) is -4.23. The Balaban J connectivity index is 6.80. The van der Waals surface area contributed by atoms with Crippen LogP contribution in [-0.2, 0) is 0 Å². The van der Waals surface area contributed by atoms with Gasteiger partial charge in [0.15, 0.2) is 14.8 Å². The highest BCUT2D eigenvalue weighted by molar-refractivity contribution is 4.76. The predicted molar refractivity (Wildman–Crippen MR) is 50.7 cm³/mol. The molecule has 0 N–H and O–H groups in total. The number of hydrogen-bond donors (Lipinski definition) is 0. The largest absolute Gasteiger partial charge is 0.840 e. The Labute approximate surface area is 101 Å². The molecule has 0 unspecified atom stereocenters. The molecule has 19 heavy (non-hydrogen) atoms. The molecule has 0 saturated heterocycles. The third kappa shape index (κ3) is 1.67. The summed E-state index contributed by atoms with van der Waals surface area (Å²) >= 11 is 0. The lowest BCUT2D eigenvalue weighted by Gasteiger charge is -2.16. The average Bonchev–Trinajstić information content (AvgIpc) is 2.22. The van der Waals surface area contributed by atoms with Gasteiger partial charge in [-0.05, 0) is 6.92 Å². The summed E-state index contributed by atoms with van der Waals surface area (Å²) in [7, 11) is 0. The van der Waals surface area contributed by atoms with Crippen LogP contribution >= 0.6 is 0 Å². The Morgan fingerprint density at radius 1 is 0.684 bits per heavy atom. The fraction of sp³-hybridized carbons (Fsp3) is 1.00. The van der Waals surface area contributed by atoms with Crippen molar-refractivity contribution in [1.82, 2.24) is 0 Å². The molecule has 0 spiro atoms. The molecule has 15 heteroatoms. The summed E-state index contributed by atoms with van der Waals surface area (Å²) in [5.74, 6) is -4.82. The van der Waals surface area contributed by atoms with Crippen molar-refractivity contribution in [3.8, 4) is 0 Å². The van der Waals surface area contributed by atoms with Gasteiger partial charge in [0.05, 0.1) is 0 Å². The van der Waals surface area contributed by atoms with Gasteiger partial charge in [-0.25, -0.2) is 0 Å². The molecule has 15 nitrogen and oxygen atoms in total. The Hall–Kier alpha value is -3.00. The van der Waals surface area contributed by atoms with Gasteiger partial charge in [0.2, 0.25) is 0 Å². The maximum absolute atomic E-state index is 10.7. The molecule has 0 heterocycles. The average molecular weight is 283 g/mol. The van der Waals surface area contributed by atoms with E-state index in [4.69, 9.17) is 0 Å². The van der Waals surface area contributed by atoms with Gasteiger partial charge in [-0.1, -0.05) is 0 Å². The monoisotopic (exact) mass is 283 g/mol. The van der Waals surface area contributed by atoms with Crippen LogP contribution in [0.5, 0.6) is 0 Å². The quantitative estimate of drug-likeness (QED) is 0.319. The van der Waals surface area contributed by atoms with Crippen molar-refractivity contribution in [3.05, 3.63) is 50.6 Å². The van der Waals surface area contributed by atoms with E-state index in [2.05, 4.69) is 0 Å². The molecule has 0 aliphatic carbocycles. The van der Waals surface area contributed by atoms with E-state index >= 15 is 0 Å². The number of nitro groups is 5. The molecule has 0 aliphatic rings. The standard InChI is InChI=1S/C4H5N5O10/c1-2-3(5(10)11,6(12)13)4(7(14)15,8(16)17)9(18)19/h2H2,1H3. The molecule has 0 radical (unpaired) electrons. The normalized spacial score (nSPS) is 11.6. The second kappa shape index (κ2) is 4.70. The smallest absolute Gasteiger partial charge is 0.258 e. The first-order chi connectivity index (χ1) is 8.53. The zero-order valence-corrected chi connectivity index (χ0v) is 9.03. The van der Waals surface area contributed by atoms with Crippen molar-refractivity contribution >= 4 is 0 Å². The van der Waals surface area contributed by atoms with E-state index in [0.717, 1.165) is 0 Å². The van der Waals surface area contributed by atoms with Crippen LogP contribution in [0.3, 0.4) is 0 Å². The second-order valence-corrected chi connectivity index (χ2v) is 3.09. The zero-order valence-electron chi connectivity index (χ0n) is 9.03. The van der Waals surface area contributed by atoms with Crippen molar-refractivity contribution in [2.45, 2.75) is 24.8 Å². The second-order valence-electron chi connectivity index (χ2n) is 3.09. The SMILES string of the molecule is CCC([N+](=O)[O-])([N+](=O)[O-])C([N+](=O)[O-])([N+](=O)[O-])[N+](=O)[O-]. The third-order valence-electron chi connectivity index (χ3n) is 2.40. The van der Waals surface area contributed by atoms with E-state index in [0.29, 0.717) is 6.92 Å². The summed E-state index contributed by atoms with van der Waals surface area (Å²) in [6.07, 6.45) is -1.43. The van der Waals surface area contributed by atoms with Crippen molar-refractivity contribution in [1.29, 1.82) is 0 Å². The van der Waals surface area contributed by atoms with Crippen LogP contribution in [0.4, 0.5) is 0 Å². The minimum atomic E-state index is -4.82. The first-order valence-corrected chi connectivity index (χ1v) is 4.25. The van der Waals surface area contributed by atoms with E-state index in [1.165, 1.54) is 0 Å². The summed E-state index contributed by atoms with van der Waals surface area (Å²) in [6.45, 7) is 0.622. The minimum Gasteiger partial charge on any atom is -0.258 e. The number of rotatable bonds is 7. The maximum Gasteiger partial charge on any atom is 0.840 e. The Kier molecular flexibility index (Phi) is 3.96. The van der Waals surface area contributed by atoms with Crippen molar-refractivity contribution in [3.63, 3.8) is 0 Å². The van der Waals surface area contributed by atoms with Gasteiger partial charge in [0.25, 0.3) is 0 Å². The lowest BCUT2D eigenvalue weighted by molar-refractivity contribution is -1.05. The van der Waals surface area contributed by atoms with Gasteiger partial charge in [-0.3, -0.25) is 50.6 Å². The zero-order chi connectivity index (χ0) is 15.6. The Morgan fingerprint density at radius 3 is 1.00 bits per heavy atom. The van der Waals surface area contributed by atoms with E-state index in [1.807, 2.05) is 0 Å². The molecule has 0 saturated carbocycles. The molecule has 0 bridgehead atoms. The van der Waals surface area contributed by atoms with Gasteiger partial charge in [-0.15, -0.1) is 0 Å². The molecule has 0 aromatic heterocycles. The molecule has 0 rings (SSSR count). The Bertz CT molecular complexity index is 421. The maximum atomic E-state index is 10.7. The van der Waals surface area contributed by atoms with Crippen LogP contribution in [0.15, 0.2) is 0 Å². The van der Waals surface area contributed by atoms with Crippen LogP contribution < -0.4 is 0 Å². The van der Waals surface area contributed by atoms with E-state index in [1.54, 1.807) is 0 Å². The molecular formula is C4H5N5O10. The minimum absolute atomic E-state index is 0.622. The highest BCUT2D eigenvalue weighted by Crippen LogP contribution is 2.34. The van der Waals surface area contributed by atoms with Crippen molar-refractivity contribution in [2.75, 3.05) is 0 Å². The molecule has 0 aliphatic heterocycles. The molecule has 0 atom stereocenters. The van der Waals surface area contributed by atoms with Crippen molar-refractivity contribution < 1.29 is 24.6 Å². The Morgan fingerprint density at radius 2 is 0.947 bits per heavy atom. The van der Waals surface area contributed by atoms with E-state index < -0.39 is 42.5 Å². The highest BCUT2D eigenvalue weighted by Gasteiger charge is 3.01. The van der Waals surface area contributed by atoms with Gasteiger partial charge < -0.3 is 0 Å². The molecule has 0 amide bonds. The third-order valence-corrected chi connectivity index (χ3v) is 2.40. The van der Waals surface area contributed by atoms with Gasteiger partial charge in [-0.2, -0.15) is 0 Å². The van der Waals surface area contributed by atoms with Gasteiger partial charge >= 0.3 is 11.4 Å². The fourth-order valence-electron chi connectivity index (χ4n) is 1.45. The van der Waals surface area contributed by atoms with Gasteiger partial charge in [0, 0.05) is 0 Å². The first-order valence-electron chi connectivity index (χ1n) is 4.25. The van der Waals surface area contributed by atoms with E-state index in [9.17, 15) is 50.6 Å². The van der Waals surface area contributed by atoms with E-state index in [-0.39, 0.29) is 0 Å². The topological polar surface area (TPSA) is 216 Å². The summed E-state index contributed by atoms with van der Waals surface area (Å²) < 4.78 is 0. The summed E-state index contributed by atoms with van der Waals surface area (Å²) in [5, 5.41) is 53.3. The van der Waals surface area contributed by atoms with Crippen LogP contribution in [0.2, 0.25) is 0 Å². The molecule has 0 fully saturated rings. The van der Waals surface area contributed by atoms with Crippen LogP contribution in [0.1, 0.15) is 13.3 Å². The lowest BCUT2D eigenvalue weighted by atomic mass is 10.00. The van der Waals surface area contributed by atoms with Crippen molar-refractivity contribution in [2.24, 2.45) is 0 Å². The summed E-state index contributed by atoms with van der Waals surface area (Å²) in [6, 6.07) is 0. The molecule has 106 valence electrons. The van der Waals surface area contributed by atoms with Gasteiger partial charge in [0.1, 0.15) is 16.3 Å². The van der Waals surface area contributed by atoms with Crippen LogP contribution in [-0.4, -0.2) is 36.1 Å². The molecular weight excluding hydrogens is 278 g/mol. The summed E-state index contributed by atoms with van der Waals surface area (Å²) in [4.78, 5) is 42.6. The number of nitrogens with zero attached hydrogens (tertiary/aromatic N) is 5. The fourth-order valence-corrected chi connectivity index (χ4v) is 1.45. The molecule has 0 aromatic carbocycles. The predicted octanol–water partition coefficient (Wildman–Crippen LogP) is -0.870. The lowest BCUT2D eigenvalue weighted by Crippen LogP contribution is -2.74.